The van der Waals surface area contributed by atoms with E-state index >= 15 is 0 Å². The Morgan fingerprint density at radius 3 is 2.59 bits per heavy atom. The van der Waals surface area contributed by atoms with Gasteiger partial charge in [0.15, 0.2) is 0 Å². The molecule has 0 radical (unpaired) electrons. The first-order chi connectivity index (χ1) is 8.24. The molecule has 92 valence electrons. The smallest absolute Gasteiger partial charge is 0.249 e. The van der Waals surface area contributed by atoms with Gasteiger partial charge in [-0.1, -0.05) is 13.0 Å². The third kappa shape index (κ3) is 2.43. The Morgan fingerprint density at radius 2 is 2.00 bits per heavy atom. The second-order valence-electron chi connectivity index (χ2n) is 4.57. The van der Waals surface area contributed by atoms with Gasteiger partial charge in [0.2, 0.25) is 5.91 Å². The minimum absolute atomic E-state index is 0.319. The topological polar surface area (TPSA) is 46.3 Å². The molecule has 17 heavy (non-hydrogen) atoms. The van der Waals surface area contributed by atoms with Crippen molar-refractivity contribution in [3.8, 4) is 0 Å². The number of piperidine rings is 1. The Morgan fingerprint density at radius 1 is 1.29 bits per heavy atom. The fourth-order valence-electron chi connectivity index (χ4n) is 2.61. The first kappa shape index (κ1) is 12.0. The highest BCUT2D eigenvalue weighted by molar-refractivity contribution is 5.96. The van der Waals surface area contributed by atoms with E-state index in [2.05, 4.69) is 17.9 Å². The van der Waals surface area contributed by atoms with Crippen LogP contribution in [0.1, 0.15) is 42.1 Å². The third-order valence-electron chi connectivity index (χ3n) is 3.47. The molecule has 1 saturated heterocycles. The Balaban J connectivity index is 2.38. The molecule has 3 nitrogen and oxygen atoms in total. The van der Waals surface area contributed by atoms with Crippen molar-refractivity contribution in [3.05, 3.63) is 29.3 Å². The van der Waals surface area contributed by atoms with Gasteiger partial charge in [0.25, 0.3) is 0 Å². The van der Waals surface area contributed by atoms with Gasteiger partial charge in [-0.15, -0.1) is 0 Å². The van der Waals surface area contributed by atoms with Crippen LogP contribution < -0.4 is 10.6 Å². The second-order valence-corrected chi connectivity index (χ2v) is 4.57. The first-order valence-corrected chi connectivity index (χ1v) is 6.40. The van der Waals surface area contributed by atoms with Crippen LogP contribution >= 0.6 is 0 Å². The molecular formula is C14H20N2O. The van der Waals surface area contributed by atoms with Crippen LogP contribution in [0.15, 0.2) is 18.2 Å². The summed E-state index contributed by atoms with van der Waals surface area (Å²) in [6.07, 6.45) is 4.65. The maximum absolute atomic E-state index is 11.4. The molecular weight excluding hydrogens is 212 g/mol. The monoisotopic (exact) mass is 232 g/mol. The fourth-order valence-corrected chi connectivity index (χ4v) is 2.61. The zero-order valence-corrected chi connectivity index (χ0v) is 10.4. The molecule has 0 saturated carbocycles. The summed E-state index contributed by atoms with van der Waals surface area (Å²) in [7, 11) is 0. The summed E-state index contributed by atoms with van der Waals surface area (Å²) in [5.41, 5.74) is 8.40. The van der Waals surface area contributed by atoms with Crippen molar-refractivity contribution < 1.29 is 4.79 Å². The third-order valence-corrected chi connectivity index (χ3v) is 3.47. The van der Waals surface area contributed by atoms with Crippen LogP contribution in [0, 0.1) is 0 Å². The van der Waals surface area contributed by atoms with E-state index in [1.54, 1.807) is 0 Å². The summed E-state index contributed by atoms with van der Waals surface area (Å²) in [6, 6.07) is 5.87. The fraction of sp³-hybridized carbons (Fsp3) is 0.500. The molecule has 3 heteroatoms. The van der Waals surface area contributed by atoms with E-state index in [1.807, 2.05) is 12.1 Å². The van der Waals surface area contributed by atoms with Gasteiger partial charge in [-0.25, -0.2) is 0 Å². The van der Waals surface area contributed by atoms with Crippen LogP contribution in [0.25, 0.3) is 0 Å². The van der Waals surface area contributed by atoms with Crippen LogP contribution in [0.2, 0.25) is 0 Å². The predicted molar refractivity (Wildman–Crippen MR) is 70.4 cm³/mol. The summed E-state index contributed by atoms with van der Waals surface area (Å²) < 4.78 is 0. The van der Waals surface area contributed by atoms with Crippen molar-refractivity contribution in [2.45, 2.75) is 32.6 Å². The average Bonchev–Trinajstić information content (AvgIpc) is 2.38. The highest BCUT2D eigenvalue weighted by atomic mass is 16.1. The Labute approximate surface area is 103 Å². The molecule has 1 fully saturated rings. The zero-order valence-electron chi connectivity index (χ0n) is 10.4. The number of amides is 1. The quantitative estimate of drug-likeness (QED) is 0.869. The number of carbonyl (C=O) groups excluding carboxylic acids is 1. The van der Waals surface area contributed by atoms with Crippen molar-refractivity contribution in [2.24, 2.45) is 5.73 Å². The van der Waals surface area contributed by atoms with Gasteiger partial charge in [-0.3, -0.25) is 4.79 Å². The summed E-state index contributed by atoms with van der Waals surface area (Å²) in [6.45, 7) is 4.26. The SMILES string of the molecule is CCc1c(C(N)=O)cccc1N1CCCCC1. The molecule has 0 bridgehead atoms. The number of primary amides is 1. The number of rotatable bonds is 3. The van der Waals surface area contributed by atoms with Crippen LogP contribution in [0.3, 0.4) is 0 Å². The van der Waals surface area contributed by atoms with E-state index in [4.69, 9.17) is 5.73 Å². The lowest BCUT2D eigenvalue weighted by Gasteiger charge is -2.31. The van der Waals surface area contributed by atoms with Gasteiger partial charge in [0.05, 0.1) is 0 Å². The molecule has 1 aromatic carbocycles. The molecule has 1 heterocycles. The molecule has 1 aromatic rings. The number of nitrogens with two attached hydrogens (primary N) is 1. The molecule has 1 amide bonds. The van der Waals surface area contributed by atoms with Crippen molar-refractivity contribution >= 4 is 11.6 Å². The molecule has 2 N–H and O–H groups in total. The highest BCUT2D eigenvalue weighted by Gasteiger charge is 2.17. The summed E-state index contributed by atoms with van der Waals surface area (Å²) in [5.74, 6) is -0.319. The maximum atomic E-state index is 11.4. The predicted octanol–water partition coefficient (Wildman–Crippen LogP) is 2.34. The zero-order chi connectivity index (χ0) is 12.3. The van der Waals surface area contributed by atoms with Crippen molar-refractivity contribution in [1.29, 1.82) is 0 Å². The first-order valence-electron chi connectivity index (χ1n) is 6.40. The van der Waals surface area contributed by atoms with Gasteiger partial charge in [-0.05, 0) is 43.4 Å². The number of carbonyl (C=O) groups is 1. The molecule has 0 spiro atoms. The summed E-state index contributed by atoms with van der Waals surface area (Å²) in [5, 5.41) is 0. The Kier molecular flexibility index (Phi) is 3.67. The molecule has 2 rings (SSSR count). The number of nitrogens with zero attached hydrogens (tertiary/aromatic N) is 1. The van der Waals surface area contributed by atoms with E-state index in [-0.39, 0.29) is 5.91 Å². The van der Waals surface area contributed by atoms with Crippen LogP contribution in [-0.4, -0.2) is 19.0 Å². The Hall–Kier alpha value is -1.51. The lowest BCUT2D eigenvalue weighted by molar-refractivity contribution is 0.0999. The minimum atomic E-state index is -0.319. The van der Waals surface area contributed by atoms with Crippen molar-refractivity contribution in [1.82, 2.24) is 0 Å². The summed E-state index contributed by atoms with van der Waals surface area (Å²) >= 11 is 0. The standard InChI is InChI=1S/C14H20N2O/c1-2-11-12(14(15)17)7-6-8-13(11)16-9-4-3-5-10-16/h6-8H,2-5,9-10H2,1H3,(H2,15,17). The summed E-state index contributed by atoms with van der Waals surface area (Å²) in [4.78, 5) is 13.8. The van der Waals surface area contributed by atoms with Gasteiger partial charge in [0, 0.05) is 24.3 Å². The number of hydrogen-bond donors (Lipinski definition) is 1. The number of anilines is 1. The highest BCUT2D eigenvalue weighted by Crippen LogP contribution is 2.27. The minimum Gasteiger partial charge on any atom is -0.371 e. The van der Waals surface area contributed by atoms with Crippen LogP contribution in [0.4, 0.5) is 5.69 Å². The Bertz CT molecular complexity index is 409. The van der Waals surface area contributed by atoms with E-state index in [0.717, 1.165) is 25.1 Å². The average molecular weight is 232 g/mol. The lowest BCUT2D eigenvalue weighted by Crippen LogP contribution is -2.31. The second kappa shape index (κ2) is 5.21. The molecule has 1 aliphatic heterocycles. The molecule has 1 aliphatic rings. The normalized spacial score (nSPS) is 15.9. The van der Waals surface area contributed by atoms with Crippen LogP contribution in [-0.2, 0) is 6.42 Å². The molecule has 0 aliphatic carbocycles. The number of hydrogen-bond acceptors (Lipinski definition) is 2. The molecule has 0 aromatic heterocycles. The maximum Gasteiger partial charge on any atom is 0.249 e. The van der Waals surface area contributed by atoms with Crippen LogP contribution in [0.5, 0.6) is 0 Å². The molecule has 0 unspecified atom stereocenters. The van der Waals surface area contributed by atoms with E-state index < -0.39 is 0 Å². The van der Waals surface area contributed by atoms with Gasteiger partial charge in [0.1, 0.15) is 0 Å². The van der Waals surface area contributed by atoms with Gasteiger partial charge >= 0.3 is 0 Å². The number of benzene rings is 1. The van der Waals surface area contributed by atoms with Crippen molar-refractivity contribution in [3.63, 3.8) is 0 Å². The van der Waals surface area contributed by atoms with Crippen molar-refractivity contribution in [2.75, 3.05) is 18.0 Å². The lowest BCUT2D eigenvalue weighted by atomic mass is 10.00. The van der Waals surface area contributed by atoms with Gasteiger partial charge in [-0.2, -0.15) is 0 Å². The van der Waals surface area contributed by atoms with E-state index in [0.29, 0.717) is 5.56 Å². The van der Waals surface area contributed by atoms with E-state index in [1.165, 1.54) is 24.9 Å². The van der Waals surface area contributed by atoms with E-state index in [9.17, 15) is 4.79 Å². The largest absolute Gasteiger partial charge is 0.371 e. The van der Waals surface area contributed by atoms with Gasteiger partial charge < -0.3 is 10.6 Å². The molecule has 0 atom stereocenters.